The number of nitrogens with one attached hydrogen (secondary N) is 2. The van der Waals surface area contributed by atoms with Crippen molar-refractivity contribution in [3.63, 3.8) is 0 Å². The first-order valence-corrected chi connectivity index (χ1v) is 10.3. The molecule has 1 fully saturated rings. The van der Waals surface area contributed by atoms with Crippen LogP contribution >= 0.6 is 11.6 Å². The van der Waals surface area contributed by atoms with Crippen LogP contribution < -0.4 is 14.8 Å². The molecule has 8 nitrogen and oxygen atoms in total. The lowest BCUT2D eigenvalue weighted by Gasteiger charge is -2.24. The number of ether oxygens (including phenoxy) is 2. The molecule has 1 unspecified atom stereocenters. The third-order valence-corrected chi connectivity index (χ3v) is 6.44. The fourth-order valence-electron chi connectivity index (χ4n) is 3.20. The molecule has 1 aromatic rings. The van der Waals surface area contributed by atoms with Gasteiger partial charge >= 0.3 is 0 Å². The number of carbonyl (C=O) groups excluding carboxylic acids is 1. The molecule has 0 saturated carbocycles. The fourth-order valence-corrected chi connectivity index (χ4v) is 4.81. The molecule has 1 amide bonds. The number of likely N-dealkylation sites (tertiary alicyclic amines) is 1. The highest BCUT2D eigenvalue weighted by Crippen LogP contribution is 2.35. The van der Waals surface area contributed by atoms with Crippen LogP contribution in [0.3, 0.4) is 0 Å². The predicted molar refractivity (Wildman–Crippen MR) is 97.2 cm³/mol. The molecule has 2 N–H and O–H groups in total. The number of anilines is 1. The Labute approximate surface area is 157 Å². The smallest absolute Gasteiger partial charge is 0.262 e. The Balaban J connectivity index is 1.71. The first-order chi connectivity index (χ1) is 12.4. The lowest BCUT2D eigenvalue weighted by Crippen LogP contribution is -2.41. The van der Waals surface area contributed by atoms with Gasteiger partial charge in [-0.2, -0.15) is 0 Å². The van der Waals surface area contributed by atoms with E-state index in [0.717, 1.165) is 25.9 Å². The number of rotatable bonds is 7. The van der Waals surface area contributed by atoms with Crippen molar-refractivity contribution in [1.82, 2.24) is 9.62 Å². The Morgan fingerprint density at radius 1 is 1.46 bits per heavy atom. The van der Waals surface area contributed by atoms with E-state index in [1.165, 1.54) is 12.1 Å². The zero-order valence-electron chi connectivity index (χ0n) is 14.5. The summed E-state index contributed by atoms with van der Waals surface area (Å²) >= 11 is 6.13. The summed E-state index contributed by atoms with van der Waals surface area (Å²) in [4.78, 5) is 13.5. The second kappa shape index (κ2) is 8.10. The molecule has 0 radical (unpaired) electrons. The molecule has 1 atom stereocenters. The van der Waals surface area contributed by atoms with Crippen LogP contribution in [-0.4, -0.2) is 65.2 Å². The Morgan fingerprint density at radius 2 is 2.27 bits per heavy atom. The number of fused-ring (bicyclic) bond motifs is 1. The maximum absolute atomic E-state index is 12.7. The van der Waals surface area contributed by atoms with Crippen LogP contribution in [0.5, 0.6) is 5.75 Å². The molecular formula is C16H22ClN3O5S. The van der Waals surface area contributed by atoms with Crippen molar-refractivity contribution in [3.05, 3.63) is 17.2 Å². The minimum atomic E-state index is -3.80. The van der Waals surface area contributed by atoms with E-state index in [1.54, 1.807) is 7.11 Å². The van der Waals surface area contributed by atoms with Gasteiger partial charge in [0.1, 0.15) is 10.6 Å². The minimum absolute atomic E-state index is 0.0321. The standard InChI is InChI=1S/C16H22ClN3O5S/c1-24-6-5-20-4-2-3-11(20)9-18-26(22,23)15-8-14-13(7-12(15)17)19-16(21)10-25-14/h7-8,11,18H,2-6,9-10H2,1H3,(H,19,21). The first kappa shape index (κ1) is 19.4. The van der Waals surface area contributed by atoms with Crippen LogP contribution in [0.1, 0.15) is 12.8 Å². The fraction of sp³-hybridized carbons (Fsp3) is 0.562. The number of carbonyl (C=O) groups is 1. The number of methoxy groups -OCH3 is 1. The van der Waals surface area contributed by atoms with Gasteiger partial charge in [0.2, 0.25) is 10.0 Å². The van der Waals surface area contributed by atoms with Crippen LogP contribution in [-0.2, 0) is 19.6 Å². The van der Waals surface area contributed by atoms with Gasteiger partial charge in [0.25, 0.3) is 5.91 Å². The summed E-state index contributed by atoms with van der Waals surface area (Å²) in [6.07, 6.45) is 1.96. The summed E-state index contributed by atoms with van der Waals surface area (Å²) in [5.74, 6) is -0.0170. The molecule has 1 aromatic carbocycles. The summed E-state index contributed by atoms with van der Waals surface area (Å²) in [5.41, 5.74) is 0.367. The number of amides is 1. The lowest BCUT2D eigenvalue weighted by molar-refractivity contribution is -0.118. The highest BCUT2D eigenvalue weighted by atomic mass is 35.5. The lowest BCUT2D eigenvalue weighted by atomic mass is 10.2. The molecule has 2 aliphatic rings. The van der Waals surface area contributed by atoms with E-state index in [1.807, 2.05) is 0 Å². The molecular weight excluding hydrogens is 382 g/mol. The number of nitrogens with zero attached hydrogens (tertiary/aromatic N) is 1. The topological polar surface area (TPSA) is 97.0 Å². The van der Waals surface area contributed by atoms with Crippen LogP contribution in [0.2, 0.25) is 5.02 Å². The number of hydrogen-bond donors (Lipinski definition) is 2. The largest absolute Gasteiger partial charge is 0.482 e. The van der Waals surface area contributed by atoms with E-state index in [9.17, 15) is 13.2 Å². The molecule has 144 valence electrons. The van der Waals surface area contributed by atoms with Crippen LogP contribution in [0.4, 0.5) is 5.69 Å². The summed E-state index contributed by atoms with van der Waals surface area (Å²) in [7, 11) is -2.15. The number of hydrogen-bond acceptors (Lipinski definition) is 6. The van der Waals surface area contributed by atoms with Crippen molar-refractivity contribution in [1.29, 1.82) is 0 Å². The van der Waals surface area contributed by atoms with Gasteiger partial charge in [-0.3, -0.25) is 9.69 Å². The molecule has 0 aromatic heterocycles. The Kier molecular flexibility index (Phi) is 6.03. The van der Waals surface area contributed by atoms with E-state index in [-0.39, 0.29) is 34.2 Å². The Morgan fingerprint density at radius 3 is 3.04 bits per heavy atom. The van der Waals surface area contributed by atoms with Gasteiger partial charge in [-0.05, 0) is 25.5 Å². The predicted octanol–water partition coefficient (Wildman–Crippen LogP) is 1.06. The zero-order chi connectivity index (χ0) is 18.7. The first-order valence-electron chi connectivity index (χ1n) is 8.39. The number of halogens is 1. The highest BCUT2D eigenvalue weighted by molar-refractivity contribution is 7.89. The summed E-state index contributed by atoms with van der Waals surface area (Å²) in [6, 6.07) is 2.87. The van der Waals surface area contributed by atoms with Gasteiger partial charge in [0, 0.05) is 32.3 Å². The normalized spacial score (nSPS) is 20.5. The Hall–Kier alpha value is -1.39. The summed E-state index contributed by atoms with van der Waals surface area (Å²) in [6.45, 7) is 2.47. The van der Waals surface area contributed by atoms with Gasteiger partial charge in [-0.25, -0.2) is 13.1 Å². The third kappa shape index (κ3) is 4.29. The van der Waals surface area contributed by atoms with Crippen molar-refractivity contribution in [2.45, 2.75) is 23.8 Å². The van der Waals surface area contributed by atoms with Gasteiger partial charge in [0.05, 0.1) is 17.3 Å². The van der Waals surface area contributed by atoms with Crippen molar-refractivity contribution < 1.29 is 22.7 Å². The second-order valence-electron chi connectivity index (χ2n) is 6.29. The molecule has 1 saturated heterocycles. The van der Waals surface area contributed by atoms with Gasteiger partial charge in [-0.15, -0.1) is 0 Å². The van der Waals surface area contributed by atoms with E-state index in [4.69, 9.17) is 21.1 Å². The average Bonchev–Trinajstić information content (AvgIpc) is 3.04. The van der Waals surface area contributed by atoms with Gasteiger partial charge in [-0.1, -0.05) is 11.6 Å². The molecule has 3 rings (SSSR count). The van der Waals surface area contributed by atoms with E-state index < -0.39 is 10.0 Å². The molecule has 2 aliphatic heterocycles. The van der Waals surface area contributed by atoms with Crippen molar-refractivity contribution in [3.8, 4) is 5.75 Å². The molecule has 0 aliphatic carbocycles. The highest BCUT2D eigenvalue weighted by Gasteiger charge is 2.28. The van der Waals surface area contributed by atoms with E-state index in [0.29, 0.717) is 18.8 Å². The molecule has 0 bridgehead atoms. The van der Waals surface area contributed by atoms with Crippen LogP contribution in [0, 0.1) is 0 Å². The Bertz CT molecular complexity index is 786. The summed E-state index contributed by atoms with van der Waals surface area (Å²) in [5, 5.41) is 2.63. The maximum Gasteiger partial charge on any atom is 0.262 e. The average molecular weight is 404 g/mol. The van der Waals surface area contributed by atoms with Crippen LogP contribution in [0.25, 0.3) is 0 Å². The summed E-state index contributed by atoms with van der Waals surface area (Å²) < 4.78 is 38.4. The zero-order valence-corrected chi connectivity index (χ0v) is 16.0. The number of benzene rings is 1. The maximum atomic E-state index is 12.7. The third-order valence-electron chi connectivity index (χ3n) is 4.55. The van der Waals surface area contributed by atoms with Crippen molar-refractivity contribution in [2.24, 2.45) is 0 Å². The minimum Gasteiger partial charge on any atom is -0.482 e. The van der Waals surface area contributed by atoms with Crippen molar-refractivity contribution >= 4 is 33.2 Å². The SMILES string of the molecule is COCCN1CCCC1CNS(=O)(=O)c1cc2c(cc1Cl)NC(=O)CO2. The molecule has 0 spiro atoms. The molecule has 26 heavy (non-hydrogen) atoms. The van der Waals surface area contributed by atoms with E-state index in [2.05, 4.69) is 14.9 Å². The molecule has 10 heteroatoms. The van der Waals surface area contributed by atoms with Gasteiger partial charge in [0.15, 0.2) is 6.61 Å². The number of sulfonamides is 1. The van der Waals surface area contributed by atoms with Gasteiger partial charge < -0.3 is 14.8 Å². The quantitative estimate of drug-likeness (QED) is 0.706. The monoisotopic (exact) mass is 403 g/mol. The van der Waals surface area contributed by atoms with E-state index >= 15 is 0 Å². The van der Waals surface area contributed by atoms with Crippen LogP contribution in [0.15, 0.2) is 17.0 Å². The van der Waals surface area contributed by atoms with Crippen molar-refractivity contribution in [2.75, 3.05) is 45.3 Å². The molecule has 2 heterocycles. The second-order valence-corrected chi connectivity index (χ2v) is 8.43.